The fourth-order valence-electron chi connectivity index (χ4n) is 2.23. The maximum absolute atomic E-state index is 12.4. The van der Waals surface area contributed by atoms with Gasteiger partial charge < -0.3 is 5.73 Å². The number of rotatable bonds is 7. The third-order valence-corrected chi connectivity index (χ3v) is 3.02. The van der Waals surface area contributed by atoms with Crippen LogP contribution in [0.15, 0.2) is 0 Å². The maximum atomic E-state index is 12.4. The second-order valence-electron chi connectivity index (χ2n) is 5.03. The molecule has 0 aliphatic heterocycles. The fraction of sp³-hybridized carbons (Fsp3) is 0.909. The van der Waals surface area contributed by atoms with Crippen LogP contribution in [0.4, 0.5) is 13.2 Å². The Kier molecular flexibility index (Phi) is 4.41. The summed E-state index contributed by atoms with van der Waals surface area (Å²) in [4.78, 5) is 1.44. The molecule has 0 aromatic carbocycles. The smallest absolute Gasteiger partial charge is 0.388 e. The van der Waals surface area contributed by atoms with Crippen LogP contribution in [-0.4, -0.2) is 36.5 Å². The summed E-state index contributed by atoms with van der Waals surface area (Å²) in [6.45, 7) is 1.85. The van der Waals surface area contributed by atoms with Gasteiger partial charge in [0.05, 0.1) is 12.4 Å². The van der Waals surface area contributed by atoms with Crippen LogP contribution in [0.1, 0.15) is 32.6 Å². The average Bonchev–Trinajstić information content (AvgIpc) is 2.80. The maximum Gasteiger partial charge on any atom is 0.401 e. The monoisotopic (exact) mass is 251 g/mol. The standard InChI is InChI=1S/C11H20F3N3/c1-2-5-17(8-11(12,13)14)7-10(3-4-10)6-9(15)16/h2-8H2,1H3,(H3,15,16). The lowest BCUT2D eigenvalue weighted by molar-refractivity contribution is -0.147. The molecule has 0 unspecified atom stereocenters. The van der Waals surface area contributed by atoms with Crippen molar-refractivity contribution >= 4 is 5.84 Å². The molecule has 100 valence electrons. The highest BCUT2D eigenvalue weighted by Crippen LogP contribution is 2.49. The van der Waals surface area contributed by atoms with Crippen molar-refractivity contribution in [2.24, 2.45) is 11.1 Å². The number of hydrogen-bond donors (Lipinski definition) is 2. The van der Waals surface area contributed by atoms with Crippen molar-refractivity contribution < 1.29 is 13.2 Å². The van der Waals surface area contributed by atoms with Gasteiger partial charge in [-0.15, -0.1) is 0 Å². The van der Waals surface area contributed by atoms with Crippen LogP contribution in [0.5, 0.6) is 0 Å². The molecule has 3 N–H and O–H groups in total. The first-order chi connectivity index (χ1) is 7.76. The molecule has 0 bridgehead atoms. The van der Waals surface area contributed by atoms with Crippen LogP contribution < -0.4 is 5.73 Å². The minimum absolute atomic E-state index is 0.0750. The van der Waals surface area contributed by atoms with Crippen LogP contribution in [0.25, 0.3) is 0 Å². The topological polar surface area (TPSA) is 53.1 Å². The lowest BCUT2D eigenvalue weighted by atomic mass is 10.0. The molecular weight excluding hydrogens is 231 g/mol. The predicted octanol–water partition coefficient (Wildman–Crippen LogP) is 2.37. The number of nitrogens with zero attached hydrogens (tertiary/aromatic N) is 1. The fourth-order valence-corrected chi connectivity index (χ4v) is 2.23. The first-order valence-corrected chi connectivity index (χ1v) is 5.88. The number of halogens is 3. The van der Waals surface area contributed by atoms with Crippen LogP contribution in [0.3, 0.4) is 0 Å². The summed E-state index contributed by atoms with van der Waals surface area (Å²) >= 11 is 0. The van der Waals surface area contributed by atoms with Crippen molar-refractivity contribution in [2.75, 3.05) is 19.6 Å². The Bertz CT molecular complexity index is 272. The summed E-state index contributed by atoms with van der Waals surface area (Å²) in [5, 5.41) is 7.25. The van der Waals surface area contributed by atoms with E-state index in [4.69, 9.17) is 11.1 Å². The molecule has 0 aromatic heterocycles. The van der Waals surface area contributed by atoms with E-state index >= 15 is 0 Å². The van der Waals surface area contributed by atoms with E-state index in [9.17, 15) is 13.2 Å². The number of nitrogens with one attached hydrogen (secondary N) is 1. The van der Waals surface area contributed by atoms with E-state index in [0.29, 0.717) is 25.9 Å². The molecule has 1 fully saturated rings. The van der Waals surface area contributed by atoms with Gasteiger partial charge in [0.2, 0.25) is 0 Å². The second kappa shape index (κ2) is 5.25. The molecule has 0 atom stereocenters. The Labute approximate surface area is 99.7 Å². The Balaban J connectivity index is 2.51. The summed E-state index contributed by atoms with van der Waals surface area (Å²) in [6, 6.07) is 0. The SMILES string of the molecule is CCCN(CC(F)(F)F)CC1(CC(=N)N)CC1. The highest BCUT2D eigenvalue weighted by molar-refractivity contribution is 5.78. The summed E-state index contributed by atoms with van der Waals surface area (Å²) < 4.78 is 37.1. The second-order valence-corrected chi connectivity index (χ2v) is 5.03. The largest absolute Gasteiger partial charge is 0.401 e. The molecule has 1 saturated carbocycles. The Hall–Kier alpha value is -0.780. The van der Waals surface area contributed by atoms with Crippen LogP contribution >= 0.6 is 0 Å². The molecule has 1 aliphatic carbocycles. The number of alkyl halides is 3. The lowest BCUT2D eigenvalue weighted by Gasteiger charge is -2.27. The van der Waals surface area contributed by atoms with Gasteiger partial charge in [0.1, 0.15) is 0 Å². The van der Waals surface area contributed by atoms with E-state index < -0.39 is 12.7 Å². The van der Waals surface area contributed by atoms with E-state index in [1.807, 2.05) is 6.92 Å². The van der Waals surface area contributed by atoms with E-state index in [0.717, 1.165) is 12.8 Å². The van der Waals surface area contributed by atoms with E-state index in [1.54, 1.807) is 0 Å². The lowest BCUT2D eigenvalue weighted by Crippen LogP contribution is -2.39. The van der Waals surface area contributed by atoms with Gasteiger partial charge in [-0.05, 0) is 31.2 Å². The van der Waals surface area contributed by atoms with Crippen molar-refractivity contribution in [1.29, 1.82) is 5.41 Å². The van der Waals surface area contributed by atoms with Gasteiger partial charge >= 0.3 is 6.18 Å². The van der Waals surface area contributed by atoms with Gasteiger partial charge in [-0.25, -0.2) is 0 Å². The quantitative estimate of drug-likeness (QED) is 0.539. The van der Waals surface area contributed by atoms with E-state index in [1.165, 1.54) is 4.90 Å². The molecule has 0 aromatic rings. The van der Waals surface area contributed by atoms with Gasteiger partial charge in [0, 0.05) is 13.0 Å². The van der Waals surface area contributed by atoms with Crippen LogP contribution in [-0.2, 0) is 0 Å². The predicted molar refractivity (Wildman–Crippen MR) is 61.0 cm³/mol. The molecule has 6 heteroatoms. The molecule has 17 heavy (non-hydrogen) atoms. The van der Waals surface area contributed by atoms with Crippen molar-refractivity contribution in [3.05, 3.63) is 0 Å². The van der Waals surface area contributed by atoms with Crippen LogP contribution in [0, 0.1) is 10.8 Å². The minimum atomic E-state index is -4.15. The molecular formula is C11H20F3N3. The molecule has 3 nitrogen and oxygen atoms in total. The number of nitrogens with two attached hydrogens (primary N) is 1. The Morgan fingerprint density at radius 2 is 2.00 bits per heavy atom. The van der Waals surface area contributed by atoms with Crippen molar-refractivity contribution in [2.45, 2.75) is 38.8 Å². The first-order valence-electron chi connectivity index (χ1n) is 5.88. The summed E-state index contributed by atoms with van der Waals surface area (Å²) in [7, 11) is 0. The zero-order valence-corrected chi connectivity index (χ0v) is 10.1. The Morgan fingerprint density at radius 1 is 1.41 bits per heavy atom. The third-order valence-electron chi connectivity index (χ3n) is 3.02. The molecule has 0 saturated heterocycles. The van der Waals surface area contributed by atoms with E-state index in [-0.39, 0.29) is 11.3 Å². The first kappa shape index (κ1) is 14.3. The molecule has 0 spiro atoms. The van der Waals surface area contributed by atoms with Crippen LogP contribution in [0.2, 0.25) is 0 Å². The van der Waals surface area contributed by atoms with Crippen molar-refractivity contribution in [3.63, 3.8) is 0 Å². The summed E-state index contributed by atoms with van der Waals surface area (Å²) in [5.41, 5.74) is 5.18. The summed E-state index contributed by atoms with van der Waals surface area (Å²) in [6.07, 6.45) is -1.27. The zero-order valence-electron chi connectivity index (χ0n) is 10.1. The average molecular weight is 251 g/mol. The van der Waals surface area contributed by atoms with Crippen molar-refractivity contribution in [3.8, 4) is 0 Å². The molecule has 0 radical (unpaired) electrons. The molecule has 0 amide bonds. The molecule has 0 heterocycles. The highest BCUT2D eigenvalue weighted by atomic mass is 19.4. The number of hydrogen-bond acceptors (Lipinski definition) is 2. The Morgan fingerprint density at radius 3 is 2.35 bits per heavy atom. The summed E-state index contributed by atoms with van der Waals surface area (Å²) in [5.74, 6) is 0.0750. The highest BCUT2D eigenvalue weighted by Gasteiger charge is 2.45. The van der Waals surface area contributed by atoms with E-state index in [2.05, 4.69) is 0 Å². The van der Waals surface area contributed by atoms with Gasteiger partial charge in [-0.3, -0.25) is 10.3 Å². The molecule has 1 rings (SSSR count). The van der Waals surface area contributed by atoms with Gasteiger partial charge in [-0.1, -0.05) is 6.92 Å². The van der Waals surface area contributed by atoms with Crippen molar-refractivity contribution in [1.82, 2.24) is 4.90 Å². The van der Waals surface area contributed by atoms with Gasteiger partial charge in [0.25, 0.3) is 0 Å². The normalized spacial score (nSPS) is 18.4. The van der Waals surface area contributed by atoms with Gasteiger partial charge in [0.15, 0.2) is 0 Å². The zero-order chi connectivity index (χ0) is 13.1. The van der Waals surface area contributed by atoms with Gasteiger partial charge in [-0.2, -0.15) is 13.2 Å². The number of amidine groups is 1. The minimum Gasteiger partial charge on any atom is -0.388 e. The third kappa shape index (κ3) is 5.39. The molecule has 1 aliphatic rings.